The standard InChI is InChI=1S/C18H16ClN3O4/c1-11-2-5-14(6-3-11)21-10-12(8-17(21)23)18(24)20-13-4-7-15(19)16(9-13)22(25)26/h2-7,9,12H,8,10H2,1H3,(H,20,24)/t12-/m0/s1. The molecule has 1 heterocycles. The van der Waals surface area contributed by atoms with Gasteiger partial charge in [0.25, 0.3) is 5.69 Å². The van der Waals surface area contributed by atoms with Crippen LogP contribution in [-0.4, -0.2) is 23.3 Å². The summed E-state index contributed by atoms with van der Waals surface area (Å²) < 4.78 is 0. The van der Waals surface area contributed by atoms with Crippen LogP contribution in [0.25, 0.3) is 0 Å². The summed E-state index contributed by atoms with van der Waals surface area (Å²) >= 11 is 5.77. The minimum absolute atomic E-state index is 0.00501. The highest BCUT2D eigenvalue weighted by Crippen LogP contribution is 2.29. The number of benzene rings is 2. The number of nitro groups is 1. The van der Waals surface area contributed by atoms with Crippen molar-refractivity contribution in [3.05, 3.63) is 63.2 Å². The first-order valence-electron chi connectivity index (χ1n) is 7.97. The Morgan fingerprint density at radius 1 is 1.27 bits per heavy atom. The first kappa shape index (κ1) is 17.9. The molecular weight excluding hydrogens is 358 g/mol. The molecule has 7 nitrogen and oxygen atoms in total. The van der Waals surface area contributed by atoms with E-state index in [9.17, 15) is 19.7 Å². The third-order valence-electron chi connectivity index (χ3n) is 4.25. The van der Waals surface area contributed by atoms with Crippen LogP contribution in [0.3, 0.4) is 0 Å². The van der Waals surface area contributed by atoms with Crippen LogP contribution in [0.2, 0.25) is 5.02 Å². The van der Waals surface area contributed by atoms with Crippen molar-refractivity contribution in [2.75, 3.05) is 16.8 Å². The maximum Gasteiger partial charge on any atom is 0.289 e. The van der Waals surface area contributed by atoms with Crippen LogP contribution in [0.5, 0.6) is 0 Å². The van der Waals surface area contributed by atoms with Gasteiger partial charge in [0.15, 0.2) is 0 Å². The van der Waals surface area contributed by atoms with Gasteiger partial charge in [0.2, 0.25) is 11.8 Å². The SMILES string of the molecule is Cc1ccc(N2C[C@@H](C(=O)Nc3ccc(Cl)c([N+](=O)[O-])c3)CC2=O)cc1. The van der Waals surface area contributed by atoms with Crippen molar-refractivity contribution in [1.29, 1.82) is 0 Å². The molecule has 1 atom stereocenters. The molecule has 1 saturated heterocycles. The van der Waals surface area contributed by atoms with E-state index in [1.807, 2.05) is 31.2 Å². The maximum atomic E-state index is 12.5. The van der Waals surface area contributed by atoms with Crippen molar-refractivity contribution in [2.24, 2.45) is 5.92 Å². The van der Waals surface area contributed by atoms with Gasteiger partial charge in [-0.2, -0.15) is 0 Å². The number of halogens is 1. The Bertz CT molecular complexity index is 883. The van der Waals surface area contributed by atoms with Crippen LogP contribution >= 0.6 is 11.6 Å². The number of hydrogen-bond donors (Lipinski definition) is 1. The van der Waals surface area contributed by atoms with E-state index < -0.39 is 10.8 Å². The molecule has 1 N–H and O–H groups in total. The Hall–Kier alpha value is -2.93. The molecule has 0 aliphatic carbocycles. The molecule has 0 spiro atoms. The van der Waals surface area contributed by atoms with Gasteiger partial charge >= 0.3 is 0 Å². The van der Waals surface area contributed by atoms with E-state index >= 15 is 0 Å². The molecule has 8 heteroatoms. The van der Waals surface area contributed by atoms with Crippen LogP contribution in [0.1, 0.15) is 12.0 Å². The lowest BCUT2D eigenvalue weighted by Crippen LogP contribution is -2.28. The minimum Gasteiger partial charge on any atom is -0.326 e. The number of nitrogens with zero attached hydrogens (tertiary/aromatic N) is 2. The number of rotatable bonds is 4. The number of carbonyl (C=O) groups is 2. The summed E-state index contributed by atoms with van der Waals surface area (Å²) in [5, 5.41) is 13.6. The third-order valence-corrected chi connectivity index (χ3v) is 4.57. The van der Waals surface area contributed by atoms with Gasteiger partial charge in [-0.25, -0.2) is 0 Å². The highest BCUT2D eigenvalue weighted by molar-refractivity contribution is 6.32. The summed E-state index contributed by atoms with van der Waals surface area (Å²) in [5.74, 6) is -1.01. The van der Waals surface area contributed by atoms with E-state index in [2.05, 4.69) is 5.32 Å². The summed E-state index contributed by atoms with van der Waals surface area (Å²) in [5.41, 5.74) is 1.82. The van der Waals surface area contributed by atoms with E-state index in [-0.39, 0.29) is 41.2 Å². The first-order valence-corrected chi connectivity index (χ1v) is 8.35. The predicted octanol–water partition coefficient (Wildman–Crippen LogP) is 3.55. The Balaban J connectivity index is 1.71. The van der Waals surface area contributed by atoms with Crippen LogP contribution in [-0.2, 0) is 9.59 Å². The normalized spacial score (nSPS) is 16.6. The number of hydrogen-bond acceptors (Lipinski definition) is 4. The smallest absolute Gasteiger partial charge is 0.289 e. The average molecular weight is 374 g/mol. The number of aryl methyl sites for hydroxylation is 1. The summed E-state index contributed by atoms with van der Waals surface area (Å²) in [4.78, 5) is 36.6. The van der Waals surface area contributed by atoms with Crippen LogP contribution in [0.15, 0.2) is 42.5 Å². The molecule has 1 aliphatic heterocycles. The number of amides is 2. The second-order valence-electron chi connectivity index (χ2n) is 6.15. The Labute approximate surface area is 154 Å². The molecule has 0 aromatic heterocycles. The second kappa shape index (κ2) is 7.13. The summed E-state index contributed by atoms with van der Waals surface area (Å²) in [6.45, 7) is 2.22. The molecule has 0 radical (unpaired) electrons. The molecule has 134 valence electrons. The van der Waals surface area contributed by atoms with Gasteiger partial charge in [0.1, 0.15) is 5.02 Å². The van der Waals surface area contributed by atoms with E-state index in [1.54, 1.807) is 4.90 Å². The van der Waals surface area contributed by atoms with E-state index in [1.165, 1.54) is 18.2 Å². The van der Waals surface area contributed by atoms with E-state index in [4.69, 9.17) is 11.6 Å². The number of nitrogens with one attached hydrogen (secondary N) is 1. The van der Waals surface area contributed by atoms with Crippen molar-refractivity contribution < 1.29 is 14.5 Å². The highest BCUT2D eigenvalue weighted by Gasteiger charge is 2.35. The molecule has 2 aromatic rings. The zero-order valence-electron chi connectivity index (χ0n) is 13.9. The molecule has 0 unspecified atom stereocenters. The zero-order valence-corrected chi connectivity index (χ0v) is 14.7. The number of anilines is 2. The van der Waals surface area contributed by atoms with Crippen molar-refractivity contribution in [3.63, 3.8) is 0 Å². The van der Waals surface area contributed by atoms with Crippen molar-refractivity contribution >= 4 is 40.5 Å². The number of nitro benzene ring substituents is 1. The summed E-state index contributed by atoms with van der Waals surface area (Å²) in [6.07, 6.45) is 0.0927. The van der Waals surface area contributed by atoms with Crippen LogP contribution in [0, 0.1) is 23.0 Å². The lowest BCUT2D eigenvalue weighted by atomic mass is 10.1. The second-order valence-corrected chi connectivity index (χ2v) is 6.56. The first-order chi connectivity index (χ1) is 12.3. The fraction of sp³-hybridized carbons (Fsp3) is 0.222. The van der Waals surface area contributed by atoms with E-state index in [0.29, 0.717) is 0 Å². The van der Waals surface area contributed by atoms with Crippen LogP contribution < -0.4 is 10.2 Å². The van der Waals surface area contributed by atoms with Crippen molar-refractivity contribution in [1.82, 2.24) is 0 Å². The molecule has 0 saturated carbocycles. The van der Waals surface area contributed by atoms with Gasteiger partial charge < -0.3 is 10.2 Å². The quantitative estimate of drug-likeness (QED) is 0.655. The Kier molecular flexibility index (Phi) is 4.90. The average Bonchev–Trinajstić information content (AvgIpc) is 2.99. The predicted molar refractivity (Wildman–Crippen MR) is 98.4 cm³/mol. The summed E-state index contributed by atoms with van der Waals surface area (Å²) in [6, 6.07) is 11.5. The van der Waals surface area contributed by atoms with Gasteiger partial charge in [-0.05, 0) is 31.2 Å². The van der Waals surface area contributed by atoms with Gasteiger partial charge in [-0.1, -0.05) is 29.3 Å². The lowest BCUT2D eigenvalue weighted by Gasteiger charge is -2.17. The minimum atomic E-state index is -0.615. The Morgan fingerprint density at radius 3 is 2.62 bits per heavy atom. The monoisotopic (exact) mass is 373 g/mol. The molecule has 3 rings (SSSR count). The zero-order chi connectivity index (χ0) is 18.8. The number of carbonyl (C=O) groups excluding carboxylic acids is 2. The molecular formula is C18H16ClN3O4. The van der Waals surface area contributed by atoms with Crippen LogP contribution in [0.4, 0.5) is 17.1 Å². The van der Waals surface area contributed by atoms with Gasteiger partial charge in [0.05, 0.1) is 10.8 Å². The lowest BCUT2D eigenvalue weighted by molar-refractivity contribution is -0.384. The third kappa shape index (κ3) is 3.67. The molecule has 1 fully saturated rings. The fourth-order valence-corrected chi connectivity index (χ4v) is 3.02. The molecule has 2 aromatic carbocycles. The summed E-state index contributed by atoms with van der Waals surface area (Å²) in [7, 11) is 0. The van der Waals surface area contributed by atoms with Gasteiger partial charge in [0, 0.05) is 30.4 Å². The topological polar surface area (TPSA) is 92.6 Å². The van der Waals surface area contributed by atoms with Gasteiger partial charge in [-0.3, -0.25) is 19.7 Å². The largest absolute Gasteiger partial charge is 0.326 e. The molecule has 1 aliphatic rings. The maximum absolute atomic E-state index is 12.5. The van der Waals surface area contributed by atoms with E-state index in [0.717, 1.165) is 11.3 Å². The molecule has 0 bridgehead atoms. The molecule has 2 amide bonds. The van der Waals surface area contributed by atoms with Crippen molar-refractivity contribution in [3.8, 4) is 0 Å². The highest BCUT2D eigenvalue weighted by atomic mass is 35.5. The fourth-order valence-electron chi connectivity index (χ4n) is 2.83. The molecule has 26 heavy (non-hydrogen) atoms. The van der Waals surface area contributed by atoms with Gasteiger partial charge in [-0.15, -0.1) is 0 Å². The Morgan fingerprint density at radius 2 is 1.96 bits per heavy atom. The van der Waals surface area contributed by atoms with Crippen molar-refractivity contribution in [2.45, 2.75) is 13.3 Å².